The van der Waals surface area contributed by atoms with E-state index in [-0.39, 0.29) is 11.9 Å². The minimum atomic E-state index is -0.195. The van der Waals surface area contributed by atoms with E-state index in [0.29, 0.717) is 25.2 Å². The van der Waals surface area contributed by atoms with E-state index in [1.54, 1.807) is 20.3 Å². The third kappa shape index (κ3) is 5.99. The molecule has 0 radical (unpaired) electrons. The Morgan fingerprint density at radius 1 is 1.19 bits per heavy atom. The zero-order valence-corrected chi connectivity index (χ0v) is 13.3. The number of ether oxygens (including phenoxy) is 2. The predicted molar refractivity (Wildman–Crippen MR) is 84.3 cm³/mol. The lowest BCUT2D eigenvalue weighted by Crippen LogP contribution is -2.31. The molecule has 120 valence electrons. The summed E-state index contributed by atoms with van der Waals surface area (Å²) in [7, 11) is 3.35. The van der Waals surface area contributed by atoms with Gasteiger partial charge in [0, 0.05) is 51.2 Å². The van der Waals surface area contributed by atoms with Gasteiger partial charge in [-0.25, -0.2) is 4.39 Å². The molecule has 0 saturated carbocycles. The van der Waals surface area contributed by atoms with E-state index >= 15 is 0 Å². The molecule has 1 unspecified atom stereocenters. The molecule has 1 atom stereocenters. The summed E-state index contributed by atoms with van der Waals surface area (Å²) in [6.07, 6.45) is 1.41. The third-order valence-electron chi connectivity index (χ3n) is 3.30. The van der Waals surface area contributed by atoms with Gasteiger partial charge < -0.3 is 20.1 Å². The average molecular weight is 298 g/mol. The number of hydrogen-bond donors (Lipinski definition) is 1. The SMILES string of the molecule is COCCCN(CCOC)c1cccc(F)c1CC(C)N. The second kappa shape index (κ2) is 9.71. The lowest BCUT2D eigenvalue weighted by atomic mass is 10.0. The number of halogens is 1. The summed E-state index contributed by atoms with van der Waals surface area (Å²) in [4.78, 5) is 2.14. The van der Waals surface area contributed by atoms with Crippen LogP contribution < -0.4 is 10.6 Å². The van der Waals surface area contributed by atoms with Crippen LogP contribution in [0, 0.1) is 5.82 Å². The summed E-state index contributed by atoms with van der Waals surface area (Å²) >= 11 is 0. The van der Waals surface area contributed by atoms with Crippen molar-refractivity contribution in [3.05, 3.63) is 29.6 Å². The summed E-state index contributed by atoms with van der Waals surface area (Å²) in [6.45, 7) is 4.69. The van der Waals surface area contributed by atoms with Gasteiger partial charge in [-0.05, 0) is 31.9 Å². The van der Waals surface area contributed by atoms with E-state index < -0.39 is 0 Å². The molecular weight excluding hydrogens is 271 g/mol. The van der Waals surface area contributed by atoms with E-state index in [2.05, 4.69) is 4.90 Å². The molecule has 4 nitrogen and oxygen atoms in total. The first-order chi connectivity index (χ1) is 10.1. The van der Waals surface area contributed by atoms with Crippen LogP contribution in [0.4, 0.5) is 10.1 Å². The van der Waals surface area contributed by atoms with Gasteiger partial charge in [0.05, 0.1) is 6.61 Å². The van der Waals surface area contributed by atoms with Crippen molar-refractivity contribution < 1.29 is 13.9 Å². The van der Waals surface area contributed by atoms with Crippen molar-refractivity contribution in [3.63, 3.8) is 0 Å². The maximum absolute atomic E-state index is 14.1. The molecule has 0 fully saturated rings. The van der Waals surface area contributed by atoms with Crippen molar-refractivity contribution >= 4 is 5.69 Å². The zero-order chi connectivity index (χ0) is 15.7. The third-order valence-corrected chi connectivity index (χ3v) is 3.30. The van der Waals surface area contributed by atoms with Gasteiger partial charge in [0.25, 0.3) is 0 Å². The maximum Gasteiger partial charge on any atom is 0.128 e. The topological polar surface area (TPSA) is 47.7 Å². The minimum Gasteiger partial charge on any atom is -0.385 e. The Balaban J connectivity index is 2.95. The molecule has 0 amide bonds. The van der Waals surface area contributed by atoms with E-state index in [1.165, 1.54) is 6.07 Å². The minimum absolute atomic E-state index is 0.0797. The fraction of sp³-hybridized carbons (Fsp3) is 0.625. The number of nitrogens with two attached hydrogens (primary N) is 1. The van der Waals surface area contributed by atoms with Crippen LogP contribution in [0.15, 0.2) is 18.2 Å². The summed E-state index contributed by atoms with van der Waals surface area (Å²) in [5.41, 5.74) is 7.44. The number of methoxy groups -OCH3 is 2. The van der Waals surface area contributed by atoms with Gasteiger partial charge in [0.2, 0.25) is 0 Å². The summed E-state index contributed by atoms with van der Waals surface area (Å²) in [5.74, 6) is -0.195. The number of benzene rings is 1. The van der Waals surface area contributed by atoms with Crippen molar-refractivity contribution in [1.82, 2.24) is 0 Å². The molecule has 1 aromatic rings. The van der Waals surface area contributed by atoms with E-state index in [9.17, 15) is 4.39 Å². The van der Waals surface area contributed by atoms with Crippen LogP contribution in [0.25, 0.3) is 0 Å². The summed E-state index contributed by atoms with van der Waals surface area (Å²) in [5, 5.41) is 0. The lowest BCUT2D eigenvalue weighted by molar-refractivity contribution is 0.191. The Bertz CT molecular complexity index is 413. The highest BCUT2D eigenvalue weighted by Gasteiger charge is 2.15. The molecule has 0 spiro atoms. The maximum atomic E-state index is 14.1. The van der Waals surface area contributed by atoms with Crippen molar-refractivity contribution in [2.24, 2.45) is 5.73 Å². The molecule has 21 heavy (non-hydrogen) atoms. The van der Waals surface area contributed by atoms with Gasteiger partial charge in [0.1, 0.15) is 5.82 Å². The van der Waals surface area contributed by atoms with Crippen LogP contribution in [0.1, 0.15) is 18.9 Å². The fourth-order valence-electron chi connectivity index (χ4n) is 2.32. The van der Waals surface area contributed by atoms with Gasteiger partial charge in [-0.15, -0.1) is 0 Å². The second-order valence-corrected chi connectivity index (χ2v) is 5.25. The number of anilines is 1. The van der Waals surface area contributed by atoms with Crippen LogP contribution in [-0.2, 0) is 15.9 Å². The monoisotopic (exact) mass is 298 g/mol. The average Bonchev–Trinajstić information content (AvgIpc) is 2.45. The van der Waals surface area contributed by atoms with Gasteiger partial charge in [0.15, 0.2) is 0 Å². The number of rotatable bonds is 10. The first kappa shape index (κ1) is 17.9. The lowest BCUT2D eigenvalue weighted by Gasteiger charge is -2.27. The van der Waals surface area contributed by atoms with Gasteiger partial charge >= 0.3 is 0 Å². The van der Waals surface area contributed by atoms with Crippen molar-refractivity contribution in [2.45, 2.75) is 25.8 Å². The summed E-state index contributed by atoms with van der Waals surface area (Å²) < 4.78 is 24.4. The van der Waals surface area contributed by atoms with E-state index in [1.807, 2.05) is 13.0 Å². The first-order valence-electron chi connectivity index (χ1n) is 7.36. The molecule has 5 heteroatoms. The first-order valence-corrected chi connectivity index (χ1v) is 7.36. The Labute approximate surface area is 127 Å². The summed E-state index contributed by atoms with van der Waals surface area (Å²) in [6, 6.07) is 5.10. The standard InChI is InChI=1S/C16H27FN2O2/c1-13(18)12-14-15(17)6-4-7-16(14)19(9-11-21-3)8-5-10-20-2/h4,6-7,13H,5,8-12,18H2,1-3H3. The highest BCUT2D eigenvalue weighted by Crippen LogP contribution is 2.24. The Morgan fingerprint density at radius 2 is 1.90 bits per heavy atom. The van der Waals surface area contributed by atoms with Crippen LogP contribution >= 0.6 is 0 Å². The predicted octanol–water partition coefficient (Wildman–Crippen LogP) is 2.20. The van der Waals surface area contributed by atoms with Crippen molar-refractivity contribution in [3.8, 4) is 0 Å². The van der Waals surface area contributed by atoms with Crippen LogP contribution in [-0.4, -0.2) is 46.6 Å². The molecule has 0 aliphatic carbocycles. The van der Waals surface area contributed by atoms with E-state index in [4.69, 9.17) is 15.2 Å². The molecular formula is C16H27FN2O2. The Hall–Kier alpha value is -1.17. The Morgan fingerprint density at radius 3 is 2.52 bits per heavy atom. The molecule has 0 heterocycles. The zero-order valence-electron chi connectivity index (χ0n) is 13.3. The number of nitrogens with zero attached hydrogens (tertiary/aromatic N) is 1. The molecule has 0 bridgehead atoms. The highest BCUT2D eigenvalue weighted by molar-refractivity contribution is 5.54. The quantitative estimate of drug-likeness (QED) is 0.673. The fourth-order valence-corrected chi connectivity index (χ4v) is 2.32. The van der Waals surface area contributed by atoms with Gasteiger partial charge in [-0.3, -0.25) is 0 Å². The molecule has 0 aliphatic heterocycles. The van der Waals surface area contributed by atoms with Crippen LogP contribution in [0.5, 0.6) is 0 Å². The molecule has 0 aliphatic rings. The van der Waals surface area contributed by atoms with Crippen molar-refractivity contribution in [1.29, 1.82) is 0 Å². The normalized spacial score (nSPS) is 12.4. The largest absolute Gasteiger partial charge is 0.385 e. The highest BCUT2D eigenvalue weighted by atomic mass is 19.1. The Kier molecular flexibility index (Phi) is 8.27. The molecule has 1 rings (SSSR count). The van der Waals surface area contributed by atoms with Crippen LogP contribution in [0.2, 0.25) is 0 Å². The molecule has 0 aromatic heterocycles. The van der Waals surface area contributed by atoms with E-state index in [0.717, 1.165) is 25.2 Å². The second-order valence-electron chi connectivity index (χ2n) is 5.25. The molecule has 2 N–H and O–H groups in total. The van der Waals surface area contributed by atoms with Gasteiger partial charge in [-0.2, -0.15) is 0 Å². The van der Waals surface area contributed by atoms with Crippen molar-refractivity contribution in [2.75, 3.05) is 45.4 Å². The smallest absolute Gasteiger partial charge is 0.128 e. The van der Waals surface area contributed by atoms with Gasteiger partial charge in [-0.1, -0.05) is 6.07 Å². The molecule has 0 saturated heterocycles. The van der Waals surface area contributed by atoms with Crippen LogP contribution in [0.3, 0.4) is 0 Å². The molecule has 1 aromatic carbocycles. The number of hydrogen-bond acceptors (Lipinski definition) is 4.